The standard InChI is InChI=1S/C22H21N3O5/c26-19-11-12-24(22(29)23-19)15-21(28)30-16-20(27)25(13-17-7-3-1-4-8-17)14-18-9-5-2-6-10-18/h1-12H,13-16H2,(H,23,26,29). The molecule has 1 amide bonds. The van der Waals surface area contributed by atoms with Crippen LogP contribution in [0.1, 0.15) is 11.1 Å². The summed E-state index contributed by atoms with van der Waals surface area (Å²) in [5.74, 6) is -1.11. The maximum absolute atomic E-state index is 12.8. The minimum Gasteiger partial charge on any atom is -0.454 e. The van der Waals surface area contributed by atoms with Gasteiger partial charge in [-0.15, -0.1) is 0 Å². The second kappa shape index (κ2) is 10.0. The topological polar surface area (TPSA) is 101 Å². The van der Waals surface area contributed by atoms with Crippen LogP contribution in [-0.4, -0.2) is 32.9 Å². The molecule has 0 aliphatic rings. The van der Waals surface area contributed by atoms with Crippen LogP contribution in [0, 0.1) is 0 Å². The summed E-state index contributed by atoms with van der Waals surface area (Å²) in [7, 11) is 0. The molecule has 0 fully saturated rings. The highest BCUT2D eigenvalue weighted by Crippen LogP contribution is 2.10. The molecule has 8 nitrogen and oxygen atoms in total. The molecule has 0 atom stereocenters. The van der Waals surface area contributed by atoms with Crippen LogP contribution in [0.25, 0.3) is 0 Å². The molecule has 1 heterocycles. The van der Waals surface area contributed by atoms with Gasteiger partial charge in [0, 0.05) is 25.4 Å². The summed E-state index contributed by atoms with van der Waals surface area (Å²) >= 11 is 0. The Balaban J connectivity index is 1.63. The summed E-state index contributed by atoms with van der Waals surface area (Å²) in [4.78, 5) is 51.2. The monoisotopic (exact) mass is 407 g/mol. The van der Waals surface area contributed by atoms with Gasteiger partial charge in [0.2, 0.25) is 0 Å². The Morgan fingerprint density at radius 3 is 1.97 bits per heavy atom. The number of amides is 1. The smallest absolute Gasteiger partial charge is 0.328 e. The summed E-state index contributed by atoms with van der Waals surface area (Å²) in [6, 6.07) is 20.2. The molecule has 0 saturated heterocycles. The number of esters is 1. The van der Waals surface area contributed by atoms with Crippen LogP contribution in [0.2, 0.25) is 0 Å². The third kappa shape index (κ3) is 6.03. The number of benzene rings is 2. The first-order chi connectivity index (χ1) is 14.5. The Hall–Kier alpha value is -3.94. The van der Waals surface area contributed by atoms with Gasteiger partial charge >= 0.3 is 11.7 Å². The predicted molar refractivity (Wildman–Crippen MR) is 109 cm³/mol. The van der Waals surface area contributed by atoms with Crippen molar-refractivity contribution in [3.05, 3.63) is 105 Å². The number of rotatable bonds is 8. The van der Waals surface area contributed by atoms with Crippen molar-refractivity contribution in [2.75, 3.05) is 6.61 Å². The van der Waals surface area contributed by atoms with Crippen molar-refractivity contribution in [1.82, 2.24) is 14.5 Å². The Morgan fingerprint density at radius 2 is 1.43 bits per heavy atom. The average molecular weight is 407 g/mol. The number of H-pyrrole nitrogens is 1. The van der Waals surface area contributed by atoms with Gasteiger partial charge in [-0.3, -0.25) is 23.9 Å². The maximum Gasteiger partial charge on any atom is 0.328 e. The predicted octanol–water partition coefficient (Wildman–Crippen LogP) is 1.31. The molecule has 30 heavy (non-hydrogen) atoms. The fourth-order valence-electron chi connectivity index (χ4n) is 2.83. The normalized spacial score (nSPS) is 10.4. The van der Waals surface area contributed by atoms with Gasteiger partial charge in [0.1, 0.15) is 6.54 Å². The number of aromatic nitrogens is 2. The first-order valence-corrected chi connectivity index (χ1v) is 9.32. The molecule has 0 radical (unpaired) electrons. The zero-order valence-corrected chi connectivity index (χ0v) is 16.2. The van der Waals surface area contributed by atoms with Crippen LogP contribution < -0.4 is 11.2 Å². The van der Waals surface area contributed by atoms with Gasteiger partial charge in [-0.2, -0.15) is 0 Å². The molecule has 0 aliphatic heterocycles. The van der Waals surface area contributed by atoms with Crippen molar-refractivity contribution in [2.24, 2.45) is 0 Å². The Morgan fingerprint density at radius 1 is 0.867 bits per heavy atom. The van der Waals surface area contributed by atoms with Gasteiger partial charge < -0.3 is 9.64 Å². The van der Waals surface area contributed by atoms with Crippen LogP contribution in [0.3, 0.4) is 0 Å². The Bertz CT molecular complexity index is 1070. The van der Waals surface area contributed by atoms with E-state index in [1.54, 1.807) is 4.90 Å². The van der Waals surface area contributed by atoms with Crippen molar-refractivity contribution in [1.29, 1.82) is 0 Å². The first kappa shape index (κ1) is 20.8. The molecule has 0 spiro atoms. The molecule has 1 aromatic heterocycles. The summed E-state index contributed by atoms with van der Waals surface area (Å²) in [6.07, 6.45) is 1.20. The molecule has 2 aromatic carbocycles. The van der Waals surface area contributed by atoms with Crippen molar-refractivity contribution in [3.8, 4) is 0 Å². The lowest BCUT2D eigenvalue weighted by Gasteiger charge is -2.23. The highest BCUT2D eigenvalue weighted by molar-refractivity contribution is 5.80. The third-order valence-electron chi connectivity index (χ3n) is 4.34. The van der Waals surface area contributed by atoms with Crippen LogP contribution in [-0.2, 0) is 34.0 Å². The second-order valence-electron chi connectivity index (χ2n) is 6.62. The minimum absolute atomic E-state index is 0.357. The number of ether oxygens (including phenoxy) is 1. The summed E-state index contributed by atoms with van der Waals surface area (Å²) in [5.41, 5.74) is 0.624. The molecule has 0 aliphatic carbocycles. The van der Waals surface area contributed by atoms with Crippen LogP contribution >= 0.6 is 0 Å². The number of nitrogens with zero attached hydrogens (tertiary/aromatic N) is 2. The molecule has 3 aromatic rings. The molecular weight excluding hydrogens is 386 g/mol. The van der Waals surface area contributed by atoms with E-state index in [2.05, 4.69) is 4.98 Å². The van der Waals surface area contributed by atoms with Gasteiger partial charge in [-0.25, -0.2) is 4.79 Å². The van der Waals surface area contributed by atoms with E-state index in [-0.39, 0.29) is 5.91 Å². The van der Waals surface area contributed by atoms with E-state index in [0.717, 1.165) is 21.8 Å². The molecule has 0 unspecified atom stereocenters. The van der Waals surface area contributed by atoms with Gasteiger partial charge in [0.25, 0.3) is 11.5 Å². The van der Waals surface area contributed by atoms with Gasteiger partial charge in [-0.1, -0.05) is 60.7 Å². The largest absolute Gasteiger partial charge is 0.454 e. The minimum atomic E-state index is -0.753. The van der Waals surface area contributed by atoms with E-state index in [4.69, 9.17) is 4.74 Å². The lowest BCUT2D eigenvalue weighted by molar-refractivity contribution is -0.153. The van der Waals surface area contributed by atoms with E-state index < -0.39 is 30.4 Å². The van der Waals surface area contributed by atoms with Crippen LogP contribution in [0.5, 0.6) is 0 Å². The number of carbonyl (C=O) groups is 2. The summed E-state index contributed by atoms with van der Waals surface area (Å²) in [6.45, 7) is -0.117. The molecule has 0 saturated carbocycles. The Labute approximate surface area is 172 Å². The van der Waals surface area contributed by atoms with Crippen molar-refractivity contribution in [3.63, 3.8) is 0 Å². The number of hydrogen-bond acceptors (Lipinski definition) is 5. The Kier molecular flexibility index (Phi) is 6.94. The first-order valence-electron chi connectivity index (χ1n) is 9.32. The number of nitrogens with one attached hydrogen (secondary N) is 1. The molecule has 8 heteroatoms. The van der Waals surface area contributed by atoms with Gasteiger partial charge in [0.05, 0.1) is 0 Å². The second-order valence-corrected chi connectivity index (χ2v) is 6.62. The SMILES string of the molecule is O=C(Cn1ccc(=O)[nH]c1=O)OCC(=O)N(Cc1ccccc1)Cc1ccccc1. The quantitative estimate of drug-likeness (QED) is 0.568. The van der Waals surface area contributed by atoms with E-state index >= 15 is 0 Å². The number of aromatic amines is 1. The average Bonchev–Trinajstić information content (AvgIpc) is 2.75. The van der Waals surface area contributed by atoms with Crippen molar-refractivity contribution < 1.29 is 14.3 Å². The summed E-state index contributed by atoms with van der Waals surface area (Å²) < 4.78 is 6.07. The van der Waals surface area contributed by atoms with Gasteiger partial charge in [-0.05, 0) is 11.1 Å². The highest BCUT2D eigenvalue weighted by atomic mass is 16.5. The van der Waals surface area contributed by atoms with Crippen molar-refractivity contribution in [2.45, 2.75) is 19.6 Å². The zero-order chi connectivity index (χ0) is 21.3. The van der Waals surface area contributed by atoms with E-state index in [1.807, 2.05) is 60.7 Å². The third-order valence-corrected chi connectivity index (χ3v) is 4.34. The highest BCUT2D eigenvalue weighted by Gasteiger charge is 2.17. The van der Waals surface area contributed by atoms with Gasteiger partial charge in [0.15, 0.2) is 6.61 Å². The van der Waals surface area contributed by atoms with Crippen LogP contribution in [0.4, 0.5) is 0 Å². The lowest BCUT2D eigenvalue weighted by Crippen LogP contribution is -2.35. The maximum atomic E-state index is 12.8. The summed E-state index contributed by atoms with van der Waals surface area (Å²) in [5, 5.41) is 0. The molecule has 3 rings (SSSR count). The van der Waals surface area contributed by atoms with E-state index in [1.165, 1.54) is 6.20 Å². The number of hydrogen-bond donors (Lipinski definition) is 1. The molecule has 154 valence electrons. The van der Waals surface area contributed by atoms with E-state index in [0.29, 0.717) is 13.1 Å². The van der Waals surface area contributed by atoms with Crippen LogP contribution in [0.15, 0.2) is 82.5 Å². The van der Waals surface area contributed by atoms with E-state index in [9.17, 15) is 19.2 Å². The molecular formula is C22H21N3O5. The lowest BCUT2D eigenvalue weighted by atomic mass is 10.1. The molecule has 0 bridgehead atoms. The molecule has 1 N–H and O–H groups in total. The zero-order valence-electron chi connectivity index (χ0n) is 16.2. The fourth-order valence-corrected chi connectivity index (χ4v) is 2.83. The fraction of sp³-hybridized carbons (Fsp3) is 0.182. The van der Waals surface area contributed by atoms with Crippen molar-refractivity contribution >= 4 is 11.9 Å². The number of carbonyl (C=O) groups excluding carboxylic acids is 2.